The number of benzene rings is 1. The minimum Gasteiger partial charge on any atom is -0.462 e. The van der Waals surface area contributed by atoms with Crippen molar-refractivity contribution in [2.45, 2.75) is 58.4 Å². The Hall–Kier alpha value is -1.51. The summed E-state index contributed by atoms with van der Waals surface area (Å²) in [6.07, 6.45) is 7.82. The van der Waals surface area contributed by atoms with Crippen LogP contribution < -0.4 is 5.32 Å². The second-order valence-electron chi connectivity index (χ2n) is 5.92. The van der Waals surface area contributed by atoms with Crippen LogP contribution in [0.1, 0.15) is 62.7 Å². The Morgan fingerprint density at radius 3 is 2.57 bits per heavy atom. The fourth-order valence-electron chi connectivity index (χ4n) is 3.08. The first-order valence-corrected chi connectivity index (χ1v) is 8.26. The van der Waals surface area contributed by atoms with Gasteiger partial charge in [-0.3, -0.25) is 0 Å². The number of nitrogens with one attached hydrogen (secondary N) is 1. The summed E-state index contributed by atoms with van der Waals surface area (Å²) in [6.45, 7) is 4.54. The average Bonchev–Trinajstić information content (AvgIpc) is 2.73. The minimum atomic E-state index is -0.246. The van der Waals surface area contributed by atoms with E-state index in [0.717, 1.165) is 11.6 Å². The molecule has 1 N–H and O–H groups in total. The summed E-state index contributed by atoms with van der Waals surface area (Å²) in [4.78, 5) is 11.6. The third-order valence-electron chi connectivity index (χ3n) is 4.43. The van der Waals surface area contributed by atoms with Crippen LogP contribution in [-0.4, -0.2) is 18.6 Å². The van der Waals surface area contributed by atoms with E-state index in [9.17, 15) is 4.79 Å². The lowest BCUT2D eigenvalue weighted by atomic mass is 9.98. The van der Waals surface area contributed by atoms with Gasteiger partial charge in [0.15, 0.2) is 0 Å². The van der Waals surface area contributed by atoms with Gasteiger partial charge < -0.3 is 10.1 Å². The normalized spacial score (nSPS) is 22.4. The summed E-state index contributed by atoms with van der Waals surface area (Å²) in [5, 5.41) is 3.61. The molecule has 2 unspecified atom stereocenters. The van der Waals surface area contributed by atoms with Crippen molar-refractivity contribution in [1.29, 1.82) is 0 Å². The fourth-order valence-corrected chi connectivity index (χ4v) is 3.08. The molecule has 2 rings (SSSR count). The topological polar surface area (TPSA) is 38.3 Å². The van der Waals surface area contributed by atoms with E-state index in [2.05, 4.69) is 12.2 Å². The van der Waals surface area contributed by atoms with Crippen LogP contribution in [0.2, 0.25) is 0 Å². The molecule has 0 heterocycles. The lowest BCUT2D eigenvalue weighted by Gasteiger charge is -2.18. The maximum absolute atomic E-state index is 11.6. The number of esters is 1. The van der Waals surface area contributed by atoms with E-state index in [1.165, 1.54) is 38.5 Å². The third-order valence-corrected chi connectivity index (χ3v) is 4.43. The Balaban J connectivity index is 1.89. The van der Waals surface area contributed by atoms with Crippen LogP contribution in [0.25, 0.3) is 0 Å². The standard InChI is InChI=1S/C18H27NO2/c1-3-14-6-5-7-16(11-8-14)19-17-12-9-15(10-13-17)18(20)21-4-2/h9-10,12-14,16,19H,3-8,11H2,1-2H3. The summed E-state index contributed by atoms with van der Waals surface area (Å²) >= 11 is 0. The van der Waals surface area contributed by atoms with Gasteiger partial charge in [0.05, 0.1) is 12.2 Å². The van der Waals surface area contributed by atoms with Gasteiger partial charge in [-0.1, -0.05) is 26.2 Å². The first-order chi connectivity index (χ1) is 10.2. The van der Waals surface area contributed by atoms with Crippen LogP contribution >= 0.6 is 0 Å². The number of rotatable bonds is 5. The second-order valence-corrected chi connectivity index (χ2v) is 5.92. The van der Waals surface area contributed by atoms with Gasteiger partial charge in [0.2, 0.25) is 0 Å². The Morgan fingerprint density at radius 2 is 1.90 bits per heavy atom. The van der Waals surface area contributed by atoms with Crippen LogP contribution in [0.15, 0.2) is 24.3 Å². The van der Waals surface area contributed by atoms with E-state index < -0.39 is 0 Å². The molecule has 1 fully saturated rings. The molecule has 0 saturated heterocycles. The zero-order valence-corrected chi connectivity index (χ0v) is 13.2. The van der Waals surface area contributed by atoms with E-state index in [4.69, 9.17) is 4.74 Å². The Morgan fingerprint density at radius 1 is 1.14 bits per heavy atom. The zero-order valence-electron chi connectivity index (χ0n) is 13.2. The highest BCUT2D eigenvalue weighted by Crippen LogP contribution is 2.27. The van der Waals surface area contributed by atoms with E-state index in [1.807, 2.05) is 31.2 Å². The van der Waals surface area contributed by atoms with Crippen LogP contribution in [0.5, 0.6) is 0 Å². The van der Waals surface area contributed by atoms with Gasteiger partial charge in [0.25, 0.3) is 0 Å². The van der Waals surface area contributed by atoms with Crippen molar-refractivity contribution >= 4 is 11.7 Å². The molecule has 0 bridgehead atoms. The molecule has 0 aromatic heterocycles. The third kappa shape index (κ3) is 4.76. The molecule has 0 aliphatic heterocycles. The minimum absolute atomic E-state index is 0.246. The first-order valence-electron chi connectivity index (χ1n) is 8.26. The molecule has 0 amide bonds. The SMILES string of the molecule is CCOC(=O)c1ccc(NC2CCCC(CC)CC2)cc1. The Labute approximate surface area is 128 Å². The fraction of sp³-hybridized carbons (Fsp3) is 0.611. The van der Waals surface area contributed by atoms with E-state index >= 15 is 0 Å². The maximum Gasteiger partial charge on any atom is 0.338 e. The molecule has 1 aliphatic rings. The molecule has 1 aliphatic carbocycles. The smallest absolute Gasteiger partial charge is 0.338 e. The van der Waals surface area contributed by atoms with Gasteiger partial charge >= 0.3 is 5.97 Å². The van der Waals surface area contributed by atoms with Crippen LogP contribution in [0, 0.1) is 5.92 Å². The largest absolute Gasteiger partial charge is 0.462 e. The Kier molecular flexibility index (Phi) is 6.09. The van der Waals surface area contributed by atoms with Crippen molar-refractivity contribution in [1.82, 2.24) is 0 Å². The summed E-state index contributed by atoms with van der Waals surface area (Å²) in [5.74, 6) is 0.660. The van der Waals surface area contributed by atoms with Gasteiger partial charge in [-0.15, -0.1) is 0 Å². The first kappa shape index (κ1) is 15.9. The van der Waals surface area contributed by atoms with Gasteiger partial charge in [-0.25, -0.2) is 4.79 Å². The van der Waals surface area contributed by atoms with Crippen LogP contribution in [0.3, 0.4) is 0 Å². The van der Waals surface area contributed by atoms with Crippen LogP contribution in [0.4, 0.5) is 5.69 Å². The zero-order chi connectivity index (χ0) is 15.1. The van der Waals surface area contributed by atoms with Gasteiger partial charge in [-0.05, 0) is 56.4 Å². The number of carbonyl (C=O) groups excluding carboxylic acids is 1. The number of carbonyl (C=O) groups is 1. The molecule has 0 radical (unpaired) electrons. The molecule has 3 heteroatoms. The van der Waals surface area contributed by atoms with Crippen molar-refractivity contribution in [3.8, 4) is 0 Å². The van der Waals surface area contributed by atoms with Crippen LogP contribution in [-0.2, 0) is 4.74 Å². The van der Waals surface area contributed by atoms with Crippen molar-refractivity contribution in [2.75, 3.05) is 11.9 Å². The molecule has 1 saturated carbocycles. The molecule has 0 spiro atoms. The molecule has 1 aromatic rings. The molecule has 3 nitrogen and oxygen atoms in total. The molecule has 116 valence electrons. The molecule has 2 atom stereocenters. The summed E-state index contributed by atoms with van der Waals surface area (Å²) in [6, 6.07) is 8.20. The predicted octanol–water partition coefficient (Wildman–Crippen LogP) is 4.63. The highest BCUT2D eigenvalue weighted by molar-refractivity contribution is 5.89. The predicted molar refractivity (Wildman–Crippen MR) is 86.7 cm³/mol. The molecule has 21 heavy (non-hydrogen) atoms. The Bertz CT molecular complexity index is 441. The van der Waals surface area contributed by atoms with Crippen molar-refractivity contribution < 1.29 is 9.53 Å². The molecular formula is C18H27NO2. The lowest BCUT2D eigenvalue weighted by Crippen LogP contribution is -2.18. The van der Waals surface area contributed by atoms with Gasteiger partial charge in [0, 0.05) is 11.7 Å². The van der Waals surface area contributed by atoms with Gasteiger partial charge in [-0.2, -0.15) is 0 Å². The van der Waals surface area contributed by atoms with Gasteiger partial charge in [0.1, 0.15) is 0 Å². The average molecular weight is 289 g/mol. The van der Waals surface area contributed by atoms with E-state index in [-0.39, 0.29) is 5.97 Å². The van der Waals surface area contributed by atoms with Crippen molar-refractivity contribution in [3.05, 3.63) is 29.8 Å². The monoisotopic (exact) mass is 289 g/mol. The molecular weight excluding hydrogens is 262 g/mol. The number of hydrogen-bond donors (Lipinski definition) is 1. The summed E-state index contributed by atoms with van der Waals surface area (Å²) < 4.78 is 5.00. The quantitative estimate of drug-likeness (QED) is 0.634. The summed E-state index contributed by atoms with van der Waals surface area (Å²) in [5.41, 5.74) is 1.72. The van der Waals surface area contributed by atoms with E-state index in [0.29, 0.717) is 18.2 Å². The number of ether oxygens (including phenoxy) is 1. The van der Waals surface area contributed by atoms with E-state index in [1.54, 1.807) is 0 Å². The lowest BCUT2D eigenvalue weighted by molar-refractivity contribution is 0.0526. The number of hydrogen-bond acceptors (Lipinski definition) is 3. The second kappa shape index (κ2) is 8.06. The molecule has 1 aromatic carbocycles. The summed E-state index contributed by atoms with van der Waals surface area (Å²) in [7, 11) is 0. The van der Waals surface area contributed by atoms with Crippen molar-refractivity contribution in [2.24, 2.45) is 5.92 Å². The highest BCUT2D eigenvalue weighted by atomic mass is 16.5. The highest BCUT2D eigenvalue weighted by Gasteiger charge is 2.17. The number of anilines is 1. The maximum atomic E-state index is 11.6. The van der Waals surface area contributed by atoms with Crippen molar-refractivity contribution in [3.63, 3.8) is 0 Å².